The van der Waals surface area contributed by atoms with Crippen molar-refractivity contribution in [3.05, 3.63) is 22.4 Å². The van der Waals surface area contributed by atoms with E-state index >= 15 is 0 Å². The van der Waals surface area contributed by atoms with Crippen LogP contribution in [-0.4, -0.2) is 44.6 Å². The number of piperidine rings is 1. The Bertz CT molecular complexity index is 507. The second kappa shape index (κ2) is 7.37. The summed E-state index contributed by atoms with van der Waals surface area (Å²) in [5.74, 6) is 0.226. The number of likely N-dealkylation sites (tertiary alicyclic amines) is 1. The number of nitrogens with zero attached hydrogens (tertiary/aromatic N) is 4. The van der Waals surface area contributed by atoms with Crippen LogP contribution in [0.5, 0.6) is 0 Å². The van der Waals surface area contributed by atoms with Crippen LogP contribution < -0.4 is 5.73 Å². The zero-order valence-corrected chi connectivity index (χ0v) is 12.7. The maximum absolute atomic E-state index is 12.3. The van der Waals surface area contributed by atoms with Gasteiger partial charge in [0.2, 0.25) is 5.91 Å². The molecule has 0 aromatic carbocycles. The lowest BCUT2D eigenvalue weighted by atomic mass is 9.92. The summed E-state index contributed by atoms with van der Waals surface area (Å²) in [5.41, 5.74) is 5.73. The molecular weight excluding hydrogens is 298 g/mol. The number of halogens is 1. The first-order chi connectivity index (χ1) is 9.51. The number of carbonyl (C=O) groups excluding carboxylic acids is 1. The van der Waals surface area contributed by atoms with E-state index in [9.17, 15) is 14.9 Å². The molecule has 1 aliphatic rings. The predicted molar refractivity (Wildman–Crippen MR) is 79.1 cm³/mol. The Kier molecular flexibility index (Phi) is 6.10. The van der Waals surface area contributed by atoms with Crippen LogP contribution in [0.15, 0.2) is 12.3 Å². The van der Waals surface area contributed by atoms with E-state index in [-0.39, 0.29) is 36.7 Å². The molecule has 2 rings (SSSR count). The number of hydrogen-bond acceptors (Lipinski definition) is 5. The molecule has 1 fully saturated rings. The van der Waals surface area contributed by atoms with Gasteiger partial charge in [-0.1, -0.05) is 6.92 Å². The van der Waals surface area contributed by atoms with Gasteiger partial charge < -0.3 is 20.7 Å². The molecular formula is C12H20ClN5O3. The maximum atomic E-state index is 12.3. The largest absolute Gasteiger partial charge is 0.389 e. The zero-order valence-electron chi connectivity index (χ0n) is 11.8. The van der Waals surface area contributed by atoms with Gasteiger partial charge in [-0.25, -0.2) is 0 Å². The molecule has 1 saturated heterocycles. The summed E-state index contributed by atoms with van der Waals surface area (Å²) in [6.45, 7) is 3.29. The first kappa shape index (κ1) is 17.4. The van der Waals surface area contributed by atoms with Crippen molar-refractivity contribution in [2.45, 2.75) is 32.4 Å². The van der Waals surface area contributed by atoms with Crippen LogP contribution in [0.4, 0.5) is 5.82 Å². The molecule has 2 atom stereocenters. The van der Waals surface area contributed by atoms with Gasteiger partial charge in [0.15, 0.2) is 0 Å². The Morgan fingerprint density at radius 2 is 2.33 bits per heavy atom. The standard InChI is InChI=1S/C12H19N5O3.ClH/c1-9-2-5-16(10(6-9)7-13)12(18)8-15-4-3-11(14-15)17(19)20;/h3-4,9-10H,2,5-8,13H2,1H3;1H. The number of aromatic nitrogens is 2. The van der Waals surface area contributed by atoms with Crippen LogP contribution in [0.3, 0.4) is 0 Å². The Labute approximate surface area is 128 Å². The molecule has 8 nitrogen and oxygen atoms in total. The van der Waals surface area contributed by atoms with Crippen LogP contribution in [-0.2, 0) is 11.3 Å². The van der Waals surface area contributed by atoms with E-state index < -0.39 is 4.92 Å². The number of amides is 1. The van der Waals surface area contributed by atoms with Gasteiger partial charge in [-0.15, -0.1) is 12.4 Å². The van der Waals surface area contributed by atoms with Gasteiger partial charge in [-0.05, 0) is 23.7 Å². The quantitative estimate of drug-likeness (QED) is 0.652. The van der Waals surface area contributed by atoms with Crippen LogP contribution >= 0.6 is 12.4 Å². The predicted octanol–water partition coefficient (Wildman–Crippen LogP) is 0.799. The first-order valence-electron chi connectivity index (χ1n) is 6.68. The summed E-state index contributed by atoms with van der Waals surface area (Å²) in [6.07, 6.45) is 3.31. The summed E-state index contributed by atoms with van der Waals surface area (Å²) < 4.78 is 1.30. The molecule has 1 amide bonds. The first-order valence-corrected chi connectivity index (χ1v) is 6.68. The van der Waals surface area contributed by atoms with Crippen molar-refractivity contribution >= 4 is 24.1 Å². The average Bonchev–Trinajstić information content (AvgIpc) is 2.87. The van der Waals surface area contributed by atoms with Crippen LogP contribution in [0.2, 0.25) is 0 Å². The molecule has 1 aliphatic heterocycles. The molecule has 0 bridgehead atoms. The number of hydrogen-bond donors (Lipinski definition) is 1. The van der Waals surface area contributed by atoms with Crippen LogP contribution in [0, 0.1) is 16.0 Å². The SMILES string of the molecule is CC1CCN(C(=O)Cn2ccc([N+](=O)[O-])n2)C(CN)C1.Cl. The van der Waals surface area contributed by atoms with Crippen molar-refractivity contribution in [3.63, 3.8) is 0 Å². The lowest BCUT2D eigenvalue weighted by Crippen LogP contribution is -2.50. The fourth-order valence-electron chi connectivity index (χ4n) is 2.57. The van der Waals surface area contributed by atoms with Crippen molar-refractivity contribution in [3.8, 4) is 0 Å². The fraction of sp³-hybridized carbons (Fsp3) is 0.667. The molecule has 2 heterocycles. The fourth-order valence-corrected chi connectivity index (χ4v) is 2.57. The van der Waals surface area contributed by atoms with E-state index in [0.717, 1.165) is 12.8 Å². The number of carbonyl (C=O) groups is 1. The summed E-state index contributed by atoms with van der Waals surface area (Å²) in [5, 5.41) is 14.3. The Balaban J connectivity index is 0.00000220. The molecule has 1 aromatic rings. The van der Waals surface area contributed by atoms with Gasteiger partial charge in [-0.2, -0.15) is 4.68 Å². The molecule has 2 N–H and O–H groups in total. The minimum absolute atomic E-state index is 0. The van der Waals surface area contributed by atoms with E-state index in [1.807, 2.05) is 0 Å². The van der Waals surface area contributed by atoms with E-state index in [1.54, 1.807) is 4.90 Å². The third kappa shape index (κ3) is 4.15. The lowest BCUT2D eigenvalue weighted by Gasteiger charge is -2.37. The molecule has 0 radical (unpaired) electrons. The molecule has 1 aromatic heterocycles. The van der Waals surface area contributed by atoms with Gasteiger partial charge in [0.25, 0.3) is 0 Å². The van der Waals surface area contributed by atoms with E-state index in [0.29, 0.717) is 19.0 Å². The molecule has 21 heavy (non-hydrogen) atoms. The van der Waals surface area contributed by atoms with Crippen molar-refractivity contribution in [1.29, 1.82) is 0 Å². The molecule has 2 unspecified atom stereocenters. The third-order valence-electron chi connectivity index (χ3n) is 3.68. The zero-order chi connectivity index (χ0) is 14.7. The maximum Gasteiger partial charge on any atom is 0.389 e. The minimum Gasteiger partial charge on any atom is -0.358 e. The monoisotopic (exact) mass is 317 g/mol. The number of nitrogens with two attached hydrogens (primary N) is 1. The van der Waals surface area contributed by atoms with Gasteiger partial charge in [0.05, 0.1) is 17.4 Å². The smallest absolute Gasteiger partial charge is 0.358 e. The van der Waals surface area contributed by atoms with Crippen LogP contribution in [0.25, 0.3) is 0 Å². The normalized spacial score (nSPS) is 21.7. The van der Waals surface area contributed by atoms with E-state index in [2.05, 4.69) is 12.0 Å². The highest BCUT2D eigenvalue weighted by Gasteiger charge is 2.29. The second-order valence-corrected chi connectivity index (χ2v) is 5.23. The lowest BCUT2D eigenvalue weighted by molar-refractivity contribution is -0.389. The highest BCUT2D eigenvalue weighted by molar-refractivity contribution is 5.85. The Morgan fingerprint density at radius 1 is 1.62 bits per heavy atom. The van der Waals surface area contributed by atoms with Crippen molar-refractivity contribution in [2.75, 3.05) is 13.1 Å². The summed E-state index contributed by atoms with van der Waals surface area (Å²) in [7, 11) is 0. The summed E-state index contributed by atoms with van der Waals surface area (Å²) in [6, 6.07) is 1.34. The van der Waals surface area contributed by atoms with E-state index in [1.165, 1.54) is 16.9 Å². The van der Waals surface area contributed by atoms with Crippen LogP contribution in [0.1, 0.15) is 19.8 Å². The molecule has 118 valence electrons. The van der Waals surface area contributed by atoms with Gasteiger partial charge in [-0.3, -0.25) is 4.79 Å². The molecule has 0 spiro atoms. The average molecular weight is 318 g/mol. The van der Waals surface area contributed by atoms with Gasteiger partial charge >= 0.3 is 5.82 Å². The second-order valence-electron chi connectivity index (χ2n) is 5.23. The minimum atomic E-state index is -0.577. The number of nitro groups is 1. The highest BCUT2D eigenvalue weighted by atomic mass is 35.5. The van der Waals surface area contributed by atoms with Gasteiger partial charge in [0.1, 0.15) is 6.54 Å². The van der Waals surface area contributed by atoms with Gasteiger partial charge in [0, 0.05) is 19.1 Å². The Hall–Kier alpha value is -1.67. The summed E-state index contributed by atoms with van der Waals surface area (Å²) in [4.78, 5) is 24.0. The van der Waals surface area contributed by atoms with Crippen molar-refractivity contribution < 1.29 is 9.72 Å². The van der Waals surface area contributed by atoms with Crippen molar-refractivity contribution in [2.24, 2.45) is 11.7 Å². The van der Waals surface area contributed by atoms with E-state index in [4.69, 9.17) is 5.73 Å². The third-order valence-corrected chi connectivity index (χ3v) is 3.68. The highest BCUT2D eigenvalue weighted by Crippen LogP contribution is 2.22. The van der Waals surface area contributed by atoms with Crippen molar-refractivity contribution in [1.82, 2.24) is 14.7 Å². The molecule has 0 saturated carbocycles. The molecule has 0 aliphatic carbocycles. The number of rotatable bonds is 4. The Morgan fingerprint density at radius 3 is 2.90 bits per heavy atom. The topological polar surface area (TPSA) is 107 Å². The molecule has 9 heteroatoms. The summed E-state index contributed by atoms with van der Waals surface area (Å²) >= 11 is 0.